The summed E-state index contributed by atoms with van der Waals surface area (Å²) in [5, 5.41) is 3.90. The summed E-state index contributed by atoms with van der Waals surface area (Å²) in [4.78, 5) is 9.16. The molecule has 0 aliphatic carbocycles. The van der Waals surface area contributed by atoms with Crippen molar-refractivity contribution < 1.29 is 0 Å². The number of thioether (sulfide) groups is 1. The van der Waals surface area contributed by atoms with Gasteiger partial charge in [-0.05, 0) is 31.2 Å². The van der Waals surface area contributed by atoms with E-state index in [1.807, 2.05) is 37.3 Å². The summed E-state index contributed by atoms with van der Waals surface area (Å²) in [6.45, 7) is 2.89. The lowest BCUT2D eigenvalue weighted by atomic mass is 10.3. The van der Waals surface area contributed by atoms with Gasteiger partial charge in [-0.25, -0.2) is 9.97 Å². The van der Waals surface area contributed by atoms with Crippen LogP contribution in [0.1, 0.15) is 12.6 Å². The summed E-state index contributed by atoms with van der Waals surface area (Å²) >= 11 is 9.60. The van der Waals surface area contributed by atoms with Crippen molar-refractivity contribution in [1.29, 1.82) is 0 Å². The van der Waals surface area contributed by atoms with Gasteiger partial charge in [0.05, 0.1) is 20.9 Å². The summed E-state index contributed by atoms with van der Waals surface area (Å²) in [7, 11) is 0. The average molecular weight is 336 g/mol. The number of halogens is 1. The molecule has 0 amide bonds. The van der Waals surface area contributed by atoms with Crippen molar-refractivity contribution in [1.82, 2.24) is 9.97 Å². The third kappa shape index (κ3) is 3.48. The Balaban J connectivity index is 1.76. The summed E-state index contributed by atoms with van der Waals surface area (Å²) in [5.41, 5.74) is 1.94. The van der Waals surface area contributed by atoms with Crippen LogP contribution in [0.4, 0.5) is 5.82 Å². The molecule has 108 valence electrons. The normalized spacial score (nSPS) is 11.0. The molecular formula is C15H14ClN3S2. The third-order valence-electron chi connectivity index (χ3n) is 2.88. The van der Waals surface area contributed by atoms with Crippen molar-refractivity contribution in [2.75, 3.05) is 11.9 Å². The zero-order valence-electron chi connectivity index (χ0n) is 11.5. The molecule has 0 radical (unpaired) electrons. The van der Waals surface area contributed by atoms with Crippen molar-refractivity contribution in [2.24, 2.45) is 0 Å². The monoisotopic (exact) mass is 335 g/mol. The van der Waals surface area contributed by atoms with Gasteiger partial charge in [0, 0.05) is 12.3 Å². The van der Waals surface area contributed by atoms with Crippen LogP contribution in [0, 0.1) is 0 Å². The first-order valence-electron chi connectivity index (χ1n) is 6.64. The highest BCUT2D eigenvalue weighted by Gasteiger charge is 2.08. The summed E-state index contributed by atoms with van der Waals surface area (Å²) in [5.74, 6) is 1.58. The topological polar surface area (TPSA) is 37.8 Å². The molecule has 0 unspecified atom stereocenters. The second-order valence-electron chi connectivity index (χ2n) is 4.39. The van der Waals surface area contributed by atoms with E-state index in [0.29, 0.717) is 5.02 Å². The number of thiazole rings is 1. The predicted octanol–water partition coefficient (Wildman–Crippen LogP) is 5.07. The number of aromatic nitrogens is 2. The summed E-state index contributed by atoms with van der Waals surface area (Å²) in [6, 6.07) is 12.0. The molecule has 0 aliphatic heterocycles. The van der Waals surface area contributed by atoms with Crippen molar-refractivity contribution in [3.8, 4) is 0 Å². The van der Waals surface area contributed by atoms with Gasteiger partial charge in [-0.1, -0.05) is 35.5 Å². The Kier molecular flexibility index (Phi) is 4.63. The SMILES string of the molecule is CCNc1ccc(Cl)c(CSc2nc3ccccc3s2)n1. The molecule has 3 nitrogen and oxygen atoms in total. The number of para-hydroxylation sites is 1. The lowest BCUT2D eigenvalue weighted by Gasteiger charge is -2.06. The maximum atomic E-state index is 6.22. The molecule has 2 heterocycles. The fourth-order valence-corrected chi connectivity index (χ4v) is 4.18. The number of pyridine rings is 1. The van der Waals surface area contributed by atoms with Gasteiger partial charge in [-0.2, -0.15) is 0 Å². The molecule has 6 heteroatoms. The Morgan fingerprint density at radius 2 is 2.05 bits per heavy atom. The Bertz CT molecular complexity index is 725. The fourth-order valence-electron chi connectivity index (χ4n) is 1.91. The quantitative estimate of drug-likeness (QED) is 0.661. The van der Waals surface area contributed by atoms with Crippen LogP contribution >= 0.6 is 34.7 Å². The zero-order valence-corrected chi connectivity index (χ0v) is 13.9. The summed E-state index contributed by atoms with van der Waals surface area (Å²) < 4.78 is 2.25. The first-order valence-corrected chi connectivity index (χ1v) is 8.82. The van der Waals surface area contributed by atoms with Crippen molar-refractivity contribution >= 4 is 50.7 Å². The van der Waals surface area contributed by atoms with Crippen molar-refractivity contribution in [3.63, 3.8) is 0 Å². The lowest BCUT2D eigenvalue weighted by molar-refractivity contribution is 1.11. The van der Waals surface area contributed by atoms with E-state index in [2.05, 4.69) is 21.4 Å². The highest BCUT2D eigenvalue weighted by Crippen LogP contribution is 2.32. The smallest absolute Gasteiger partial charge is 0.151 e. The minimum atomic E-state index is 0.699. The van der Waals surface area contributed by atoms with Crippen LogP contribution in [0.2, 0.25) is 5.02 Å². The van der Waals surface area contributed by atoms with Crippen molar-refractivity contribution in [3.05, 3.63) is 47.1 Å². The van der Waals surface area contributed by atoms with Gasteiger partial charge < -0.3 is 5.32 Å². The first kappa shape index (κ1) is 14.6. The fraction of sp³-hybridized carbons (Fsp3) is 0.200. The van der Waals surface area contributed by atoms with Gasteiger partial charge in [0.1, 0.15) is 5.82 Å². The molecule has 3 aromatic rings. The highest BCUT2D eigenvalue weighted by atomic mass is 35.5. The molecule has 0 aliphatic rings. The minimum absolute atomic E-state index is 0.699. The number of fused-ring (bicyclic) bond motifs is 1. The molecule has 0 spiro atoms. The lowest BCUT2D eigenvalue weighted by Crippen LogP contribution is -2.01. The number of benzene rings is 1. The predicted molar refractivity (Wildman–Crippen MR) is 92.6 cm³/mol. The van der Waals surface area contributed by atoms with Crippen LogP contribution in [-0.2, 0) is 5.75 Å². The number of anilines is 1. The number of rotatable bonds is 5. The second kappa shape index (κ2) is 6.64. The molecular weight excluding hydrogens is 322 g/mol. The Morgan fingerprint density at radius 1 is 1.19 bits per heavy atom. The largest absolute Gasteiger partial charge is 0.370 e. The van der Waals surface area contributed by atoms with E-state index in [1.165, 1.54) is 4.70 Å². The molecule has 21 heavy (non-hydrogen) atoms. The van der Waals surface area contributed by atoms with E-state index >= 15 is 0 Å². The van der Waals surface area contributed by atoms with Crippen LogP contribution in [0.5, 0.6) is 0 Å². The van der Waals surface area contributed by atoms with Gasteiger partial charge in [0.25, 0.3) is 0 Å². The molecule has 0 atom stereocenters. The number of nitrogens with zero attached hydrogens (tertiary/aromatic N) is 2. The molecule has 0 saturated carbocycles. The molecule has 1 aromatic carbocycles. The molecule has 3 rings (SSSR count). The Morgan fingerprint density at radius 3 is 2.86 bits per heavy atom. The maximum absolute atomic E-state index is 6.22. The van der Waals surface area contributed by atoms with E-state index in [0.717, 1.165) is 33.7 Å². The minimum Gasteiger partial charge on any atom is -0.370 e. The molecule has 0 bridgehead atoms. The average Bonchev–Trinajstić information content (AvgIpc) is 2.91. The van der Waals surface area contributed by atoms with E-state index in [9.17, 15) is 0 Å². The van der Waals surface area contributed by atoms with Crippen molar-refractivity contribution in [2.45, 2.75) is 17.0 Å². The van der Waals surface area contributed by atoms with E-state index in [-0.39, 0.29) is 0 Å². The van der Waals surface area contributed by atoms with E-state index in [1.54, 1.807) is 23.1 Å². The Labute approximate surface area is 136 Å². The van der Waals surface area contributed by atoms with Crippen LogP contribution in [0.3, 0.4) is 0 Å². The first-order chi connectivity index (χ1) is 10.3. The van der Waals surface area contributed by atoms with Crippen LogP contribution in [-0.4, -0.2) is 16.5 Å². The van der Waals surface area contributed by atoms with Gasteiger partial charge in [0.15, 0.2) is 4.34 Å². The number of nitrogens with one attached hydrogen (secondary N) is 1. The van der Waals surface area contributed by atoms with E-state index in [4.69, 9.17) is 11.6 Å². The maximum Gasteiger partial charge on any atom is 0.151 e. The number of hydrogen-bond acceptors (Lipinski definition) is 5. The Hall–Kier alpha value is -1.30. The zero-order chi connectivity index (χ0) is 14.7. The highest BCUT2D eigenvalue weighted by molar-refractivity contribution is 8.00. The molecule has 1 N–H and O–H groups in total. The third-order valence-corrected chi connectivity index (χ3v) is 5.42. The molecule has 0 fully saturated rings. The molecule has 2 aromatic heterocycles. The van der Waals surface area contributed by atoms with Crippen LogP contribution in [0.25, 0.3) is 10.2 Å². The summed E-state index contributed by atoms with van der Waals surface area (Å²) in [6.07, 6.45) is 0. The number of hydrogen-bond donors (Lipinski definition) is 1. The van der Waals surface area contributed by atoms with Gasteiger partial charge in [0.2, 0.25) is 0 Å². The second-order valence-corrected chi connectivity index (χ2v) is 7.05. The molecule has 0 saturated heterocycles. The van der Waals surface area contributed by atoms with Gasteiger partial charge >= 0.3 is 0 Å². The standard InChI is InChI=1S/C15H14ClN3S2/c1-2-17-14-8-7-10(16)12(18-14)9-20-15-19-11-5-3-4-6-13(11)21-15/h3-8H,2,9H2,1H3,(H,17,18). The van der Waals surface area contributed by atoms with Gasteiger partial charge in [-0.3, -0.25) is 0 Å². The van der Waals surface area contributed by atoms with E-state index < -0.39 is 0 Å². The van der Waals surface area contributed by atoms with Crippen LogP contribution < -0.4 is 5.32 Å². The van der Waals surface area contributed by atoms with Crippen LogP contribution in [0.15, 0.2) is 40.7 Å². The van der Waals surface area contributed by atoms with Gasteiger partial charge in [-0.15, -0.1) is 11.3 Å².